The van der Waals surface area contributed by atoms with E-state index in [1.165, 1.54) is 7.11 Å². The van der Waals surface area contributed by atoms with E-state index in [4.69, 9.17) is 14.2 Å². The summed E-state index contributed by atoms with van der Waals surface area (Å²) in [5, 5.41) is 2.06. The first-order chi connectivity index (χ1) is 15.2. The predicted molar refractivity (Wildman–Crippen MR) is 118 cm³/mol. The quantitative estimate of drug-likeness (QED) is 0.400. The summed E-state index contributed by atoms with van der Waals surface area (Å²) in [7, 11) is 1.35. The first-order valence-corrected chi connectivity index (χ1v) is 10.5. The van der Waals surface area contributed by atoms with Gasteiger partial charge in [-0.25, -0.2) is 0 Å². The van der Waals surface area contributed by atoms with E-state index in [0.29, 0.717) is 25.2 Å². The molecule has 0 radical (unpaired) electrons. The standard InChI is InChI=1S/C26H26O5/c1-29-25(28)22(17-24(27)21-12-11-19-9-5-6-10-20(19)16-21)23(26-30-13-14-31-26)15-18-7-3-2-4-8-18/h2-12,16,22-23,26H,13-15,17H2,1H3/t22-,23+/m0/s1. The topological polar surface area (TPSA) is 61.8 Å². The molecule has 160 valence electrons. The van der Waals surface area contributed by atoms with Gasteiger partial charge in [0, 0.05) is 17.9 Å². The van der Waals surface area contributed by atoms with Crippen LogP contribution < -0.4 is 0 Å². The number of methoxy groups -OCH3 is 1. The summed E-state index contributed by atoms with van der Waals surface area (Å²) < 4.78 is 16.6. The molecule has 0 amide bonds. The van der Waals surface area contributed by atoms with Crippen LogP contribution in [0.1, 0.15) is 22.3 Å². The van der Waals surface area contributed by atoms with Gasteiger partial charge in [-0.2, -0.15) is 0 Å². The van der Waals surface area contributed by atoms with Gasteiger partial charge in [-0.1, -0.05) is 66.7 Å². The van der Waals surface area contributed by atoms with Crippen LogP contribution in [0.4, 0.5) is 0 Å². The second-order valence-corrected chi connectivity index (χ2v) is 7.78. The summed E-state index contributed by atoms with van der Waals surface area (Å²) in [6.45, 7) is 0.949. The Bertz CT molecular complexity index is 1040. The Morgan fingerprint density at radius 3 is 2.32 bits per heavy atom. The Hall–Kier alpha value is -3.02. The number of ether oxygens (including phenoxy) is 3. The van der Waals surface area contributed by atoms with Crippen molar-refractivity contribution in [1.82, 2.24) is 0 Å². The highest BCUT2D eigenvalue weighted by Gasteiger charge is 2.39. The van der Waals surface area contributed by atoms with Gasteiger partial charge in [0.25, 0.3) is 0 Å². The number of esters is 1. The molecule has 31 heavy (non-hydrogen) atoms. The lowest BCUT2D eigenvalue weighted by molar-refractivity contribution is -0.156. The molecule has 1 heterocycles. The molecule has 3 aromatic carbocycles. The minimum atomic E-state index is -0.674. The van der Waals surface area contributed by atoms with E-state index in [1.54, 1.807) is 0 Å². The number of fused-ring (bicyclic) bond motifs is 1. The molecule has 0 aliphatic carbocycles. The van der Waals surface area contributed by atoms with Crippen LogP contribution in [-0.4, -0.2) is 38.4 Å². The van der Waals surface area contributed by atoms with E-state index in [-0.39, 0.29) is 18.1 Å². The Kier molecular flexibility index (Phi) is 6.75. The van der Waals surface area contributed by atoms with Gasteiger partial charge in [0.05, 0.1) is 26.2 Å². The lowest BCUT2D eigenvalue weighted by atomic mass is 9.82. The van der Waals surface area contributed by atoms with Crippen molar-refractivity contribution in [3.8, 4) is 0 Å². The number of hydrogen-bond acceptors (Lipinski definition) is 5. The van der Waals surface area contributed by atoms with E-state index >= 15 is 0 Å². The van der Waals surface area contributed by atoms with Crippen molar-refractivity contribution < 1.29 is 23.8 Å². The van der Waals surface area contributed by atoms with Gasteiger partial charge in [-0.15, -0.1) is 0 Å². The van der Waals surface area contributed by atoms with Crippen molar-refractivity contribution in [3.63, 3.8) is 0 Å². The van der Waals surface area contributed by atoms with Crippen LogP contribution in [-0.2, 0) is 25.4 Å². The maximum atomic E-state index is 13.2. The molecule has 2 atom stereocenters. The highest BCUT2D eigenvalue weighted by Crippen LogP contribution is 2.31. The zero-order chi connectivity index (χ0) is 21.6. The molecule has 5 heteroatoms. The highest BCUT2D eigenvalue weighted by atomic mass is 16.7. The molecule has 0 bridgehead atoms. The summed E-state index contributed by atoms with van der Waals surface area (Å²) in [4.78, 5) is 26.0. The van der Waals surface area contributed by atoms with Crippen LogP contribution in [0.2, 0.25) is 0 Å². The van der Waals surface area contributed by atoms with Gasteiger partial charge < -0.3 is 14.2 Å². The van der Waals surface area contributed by atoms with Crippen LogP contribution in [0, 0.1) is 11.8 Å². The molecule has 0 saturated carbocycles. The van der Waals surface area contributed by atoms with Gasteiger partial charge in [0.1, 0.15) is 0 Å². The Balaban J connectivity index is 1.61. The molecule has 1 fully saturated rings. The first kappa shape index (κ1) is 21.2. The predicted octanol–water partition coefficient (Wildman–Crippen LogP) is 4.43. The second kappa shape index (κ2) is 9.86. The van der Waals surface area contributed by atoms with Crippen molar-refractivity contribution in [2.45, 2.75) is 19.1 Å². The number of rotatable bonds is 8. The minimum absolute atomic E-state index is 0.0335. The Morgan fingerprint density at radius 2 is 1.61 bits per heavy atom. The van der Waals surface area contributed by atoms with E-state index < -0.39 is 18.2 Å². The smallest absolute Gasteiger partial charge is 0.309 e. The number of benzene rings is 3. The molecule has 0 unspecified atom stereocenters. The largest absolute Gasteiger partial charge is 0.469 e. The lowest BCUT2D eigenvalue weighted by Gasteiger charge is -2.28. The fourth-order valence-corrected chi connectivity index (χ4v) is 4.18. The molecular formula is C26H26O5. The lowest BCUT2D eigenvalue weighted by Crippen LogP contribution is -2.37. The number of Topliss-reactive ketones (excluding diaryl/α,β-unsaturated/α-hetero) is 1. The van der Waals surface area contributed by atoms with Crippen molar-refractivity contribution in [2.24, 2.45) is 11.8 Å². The normalized spacial score (nSPS) is 16.2. The molecule has 1 aliphatic rings. The van der Waals surface area contributed by atoms with E-state index in [0.717, 1.165) is 16.3 Å². The third kappa shape index (κ3) is 5.01. The highest BCUT2D eigenvalue weighted by molar-refractivity contribution is 6.01. The molecule has 3 aromatic rings. The van der Waals surface area contributed by atoms with Crippen molar-refractivity contribution >= 4 is 22.5 Å². The fraction of sp³-hybridized carbons (Fsp3) is 0.308. The molecule has 0 aromatic heterocycles. The molecule has 1 saturated heterocycles. The van der Waals surface area contributed by atoms with Gasteiger partial charge in [-0.05, 0) is 28.8 Å². The van der Waals surface area contributed by atoms with Crippen LogP contribution in [0.5, 0.6) is 0 Å². The number of carbonyl (C=O) groups is 2. The molecule has 1 aliphatic heterocycles. The van der Waals surface area contributed by atoms with Crippen molar-refractivity contribution in [2.75, 3.05) is 20.3 Å². The fourth-order valence-electron chi connectivity index (χ4n) is 4.18. The molecule has 0 spiro atoms. The minimum Gasteiger partial charge on any atom is -0.469 e. The Labute approximate surface area is 181 Å². The van der Waals surface area contributed by atoms with Crippen LogP contribution in [0.3, 0.4) is 0 Å². The molecule has 5 nitrogen and oxygen atoms in total. The molecular weight excluding hydrogens is 392 g/mol. The first-order valence-electron chi connectivity index (χ1n) is 10.5. The number of carbonyl (C=O) groups excluding carboxylic acids is 2. The van der Waals surface area contributed by atoms with E-state index in [9.17, 15) is 9.59 Å². The summed E-state index contributed by atoms with van der Waals surface area (Å²) in [6.07, 6.45) is 0.0378. The zero-order valence-electron chi connectivity index (χ0n) is 17.5. The average Bonchev–Trinajstić information content (AvgIpc) is 3.35. The second-order valence-electron chi connectivity index (χ2n) is 7.78. The maximum Gasteiger partial charge on any atom is 0.309 e. The zero-order valence-corrected chi connectivity index (χ0v) is 17.5. The third-order valence-electron chi connectivity index (χ3n) is 5.81. The van der Waals surface area contributed by atoms with Crippen molar-refractivity contribution in [1.29, 1.82) is 0 Å². The summed E-state index contributed by atoms with van der Waals surface area (Å²) in [5.41, 5.74) is 1.64. The van der Waals surface area contributed by atoms with Crippen LogP contribution in [0.15, 0.2) is 72.8 Å². The maximum absolute atomic E-state index is 13.2. The molecule has 0 N–H and O–H groups in total. The van der Waals surface area contributed by atoms with Crippen molar-refractivity contribution in [3.05, 3.63) is 83.9 Å². The Morgan fingerprint density at radius 1 is 0.935 bits per heavy atom. The number of hydrogen-bond donors (Lipinski definition) is 0. The van der Waals surface area contributed by atoms with Gasteiger partial charge in [-0.3, -0.25) is 9.59 Å². The van der Waals surface area contributed by atoms with Gasteiger partial charge in [0.2, 0.25) is 0 Å². The van der Waals surface area contributed by atoms with Gasteiger partial charge in [0.15, 0.2) is 12.1 Å². The summed E-state index contributed by atoms with van der Waals surface area (Å²) in [6, 6.07) is 23.4. The molecule has 4 rings (SSSR count). The summed E-state index contributed by atoms with van der Waals surface area (Å²) >= 11 is 0. The third-order valence-corrected chi connectivity index (χ3v) is 5.81. The monoisotopic (exact) mass is 418 g/mol. The van der Waals surface area contributed by atoms with E-state index in [1.807, 2.05) is 72.8 Å². The van der Waals surface area contributed by atoms with Crippen LogP contribution in [0.25, 0.3) is 10.8 Å². The summed E-state index contributed by atoms with van der Waals surface area (Å²) in [5.74, 6) is -1.53. The van der Waals surface area contributed by atoms with Crippen LogP contribution >= 0.6 is 0 Å². The average molecular weight is 418 g/mol. The SMILES string of the molecule is COC(=O)[C@@H](CC(=O)c1ccc2ccccc2c1)[C@@H](Cc1ccccc1)C1OCCO1. The van der Waals surface area contributed by atoms with Gasteiger partial charge >= 0.3 is 5.97 Å². The van der Waals surface area contributed by atoms with E-state index in [2.05, 4.69) is 0 Å². The number of ketones is 1.